The summed E-state index contributed by atoms with van der Waals surface area (Å²) in [5, 5.41) is 2.94. The maximum atomic E-state index is 13.4. The van der Waals surface area contributed by atoms with E-state index in [2.05, 4.69) is 10.2 Å². The number of halogens is 2. The van der Waals surface area contributed by atoms with Gasteiger partial charge in [0.05, 0.1) is 28.1 Å². The Kier molecular flexibility index (Phi) is 6.50. The Hall–Kier alpha value is -2.49. The van der Waals surface area contributed by atoms with Gasteiger partial charge in [0.15, 0.2) is 0 Å². The van der Waals surface area contributed by atoms with Gasteiger partial charge in [0.1, 0.15) is 5.82 Å². The molecule has 0 radical (unpaired) electrons. The van der Waals surface area contributed by atoms with E-state index in [9.17, 15) is 22.4 Å². The summed E-state index contributed by atoms with van der Waals surface area (Å²) < 4.78 is 38.3. The summed E-state index contributed by atoms with van der Waals surface area (Å²) >= 11 is 6.27. The van der Waals surface area contributed by atoms with Gasteiger partial charge in [-0.25, -0.2) is 17.1 Å². The van der Waals surface area contributed by atoms with Crippen LogP contribution in [0, 0.1) is 5.82 Å². The SMILES string of the molecule is O=C(NCC(c1ccc(F)cc1)N1CCCC1)c1ccc(N2C(=O)CCS2(=O)=O)cc1Cl. The van der Waals surface area contributed by atoms with Crippen molar-refractivity contribution in [2.45, 2.75) is 25.3 Å². The Morgan fingerprint density at radius 1 is 1.12 bits per heavy atom. The molecule has 1 unspecified atom stereocenters. The van der Waals surface area contributed by atoms with E-state index in [4.69, 9.17) is 11.6 Å². The summed E-state index contributed by atoms with van der Waals surface area (Å²) in [4.78, 5) is 27.0. The number of rotatable bonds is 6. The van der Waals surface area contributed by atoms with Crippen LogP contribution in [0.3, 0.4) is 0 Å². The van der Waals surface area contributed by atoms with Gasteiger partial charge < -0.3 is 5.32 Å². The first kappa shape index (κ1) is 22.7. The van der Waals surface area contributed by atoms with Crippen LogP contribution >= 0.6 is 11.6 Å². The molecule has 0 bridgehead atoms. The molecule has 2 aliphatic rings. The zero-order chi connectivity index (χ0) is 22.9. The van der Waals surface area contributed by atoms with Crippen LogP contribution in [0.2, 0.25) is 5.02 Å². The molecule has 0 aliphatic carbocycles. The smallest absolute Gasteiger partial charge is 0.252 e. The molecule has 2 heterocycles. The van der Waals surface area contributed by atoms with Crippen molar-refractivity contribution in [3.8, 4) is 0 Å². The highest BCUT2D eigenvalue weighted by atomic mass is 35.5. The number of sulfonamides is 1. The van der Waals surface area contributed by atoms with Crippen molar-refractivity contribution in [3.63, 3.8) is 0 Å². The topological polar surface area (TPSA) is 86.8 Å². The Balaban J connectivity index is 1.50. The molecule has 7 nitrogen and oxygen atoms in total. The minimum atomic E-state index is -3.71. The lowest BCUT2D eigenvalue weighted by atomic mass is 10.0. The number of nitrogens with zero attached hydrogens (tertiary/aromatic N) is 2. The number of carbonyl (C=O) groups is 2. The summed E-state index contributed by atoms with van der Waals surface area (Å²) in [6.45, 7) is 2.10. The maximum Gasteiger partial charge on any atom is 0.252 e. The minimum absolute atomic E-state index is 0.0504. The number of likely N-dealkylation sites (tertiary alicyclic amines) is 1. The van der Waals surface area contributed by atoms with Gasteiger partial charge in [0, 0.05) is 13.0 Å². The first-order chi connectivity index (χ1) is 15.3. The first-order valence-electron chi connectivity index (χ1n) is 10.4. The van der Waals surface area contributed by atoms with Crippen molar-refractivity contribution in [1.82, 2.24) is 10.2 Å². The summed E-state index contributed by atoms with van der Waals surface area (Å²) in [6, 6.07) is 10.3. The molecule has 2 aliphatic heterocycles. The van der Waals surface area contributed by atoms with Gasteiger partial charge in [-0.05, 0) is 61.8 Å². The maximum absolute atomic E-state index is 13.4. The number of amides is 2. The number of hydrogen-bond acceptors (Lipinski definition) is 5. The second-order valence-corrected chi connectivity index (χ2v) is 10.3. The first-order valence-corrected chi connectivity index (χ1v) is 12.4. The van der Waals surface area contributed by atoms with Crippen LogP contribution in [0.15, 0.2) is 42.5 Å². The van der Waals surface area contributed by atoms with Crippen LogP contribution in [0.4, 0.5) is 10.1 Å². The normalized spacial score (nSPS) is 19.3. The summed E-state index contributed by atoms with van der Waals surface area (Å²) in [5.41, 5.74) is 1.21. The van der Waals surface area contributed by atoms with E-state index in [0.29, 0.717) is 6.54 Å². The van der Waals surface area contributed by atoms with E-state index >= 15 is 0 Å². The predicted octanol–water partition coefficient (Wildman–Crippen LogP) is 3.11. The van der Waals surface area contributed by atoms with Crippen LogP contribution in [0.25, 0.3) is 0 Å². The lowest BCUT2D eigenvalue weighted by Gasteiger charge is -2.28. The third-order valence-electron chi connectivity index (χ3n) is 5.80. The second kappa shape index (κ2) is 9.17. The molecule has 10 heteroatoms. The van der Waals surface area contributed by atoms with Gasteiger partial charge >= 0.3 is 0 Å². The number of hydrogen-bond donors (Lipinski definition) is 1. The van der Waals surface area contributed by atoms with Gasteiger partial charge in [-0.1, -0.05) is 23.7 Å². The van der Waals surface area contributed by atoms with Gasteiger partial charge in [0.2, 0.25) is 15.9 Å². The van der Waals surface area contributed by atoms with Gasteiger partial charge in [-0.15, -0.1) is 0 Å². The summed E-state index contributed by atoms with van der Waals surface area (Å²) in [6.07, 6.45) is 2.05. The molecular weight excluding hydrogens is 457 g/mol. The Labute approximate surface area is 191 Å². The molecule has 1 N–H and O–H groups in total. The van der Waals surface area contributed by atoms with Crippen molar-refractivity contribution in [1.29, 1.82) is 0 Å². The van der Waals surface area contributed by atoms with Crippen molar-refractivity contribution < 1.29 is 22.4 Å². The van der Waals surface area contributed by atoms with E-state index in [1.165, 1.54) is 30.3 Å². The van der Waals surface area contributed by atoms with E-state index in [-0.39, 0.29) is 40.3 Å². The van der Waals surface area contributed by atoms with Crippen LogP contribution in [0.5, 0.6) is 0 Å². The number of benzene rings is 2. The zero-order valence-corrected chi connectivity index (χ0v) is 18.8. The van der Waals surface area contributed by atoms with E-state index < -0.39 is 21.8 Å². The molecule has 32 heavy (non-hydrogen) atoms. The Morgan fingerprint density at radius 3 is 2.41 bits per heavy atom. The Morgan fingerprint density at radius 2 is 1.81 bits per heavy atom. The molecule has 1 atom stereocenters. The zero-order valence-electron chi connectivity index (χ0n) is 17.3. The standard InChI is InChI=1S/C22H23ClFN3O4S/c23-19-13-17(27-21(28)9-12-32(27,30)31)7-8-18(19)22(29)25-14-20(26-10-1-2-11-26)15-3-5-16(24)6-4-15/h3-8,13,20H,1-2,9-12,14H2,(H,25,29). The highest BCUT2D eigenvalue weighted by molar-refractivity contribution is 7.94. The van der Waals surface area contributed by atoms with E-state index in [0.717, 1.165) is 35.8 Å². The van der Waals surface area contributed by atoms with Crippen molar-refractivity contribution in [2.24, 2.45) is 0 Å². The molecule has 2 amide bonds. The highest BCUT2D eigenvalue weighted by Crippen LogP contribution is 2.30. The molecule has 0 spiro atoms. The van der Waals surface area contributed by atoms with E-state index in [1.54, 1.807) is 12.1 Å². The monoisotopic (exact) mass is 479 g/mol. The molecule has 2 aromatic carbocycles. The second-order valence-electron chi connectivity index (χ2n) is 7.91. The molecular formula is C22H23ClFN3O4S. The number of nitrogens with one attached hydrogen (secondary N) is 1. The van der Waals surface area contributed by atoms with Crippen molar-refractivity contribution in [3.05, 3.63) is 64.4 Å². The average molecular weight is 480 g/mol. The number of carbonyl (C=O) groups excluding carboxylic acids is 2. The fourth-order valence-corrected chi connectivity index (χ4v) is 5.88. The predicted molar refractivity (Wildman–Crippen MR) is 120 cm³/mol. The molecule has 0 saturated carbocycles. The van der Waals surface area contributed by atoms with Crippen LogP contribution in [-0.4, -0.2) is 50.5 Å². The van der Waals surface area contributed by atoms with Gasteiger partial charge in [0.25, 0.3) is 5.91 Å². The minimum Gasteiger partial charge on any atom is -0.350 e. The fraction of sp³-hybridized carbons (Fsp3) is 0.364. The van der Waals surface area contributed by atoms with Crippen molar-refractivity contribution in [2.75, 3.05) is 29.7 Å². The molecule has 2 fully saturated rings. The molecule has 170 valence electrons. The largest absolute Gasteiger partial charge is 0.350 e. The van der Waals surface area contributed by atoms with Crippen LogP contribution in [0.1, 0.15) is 41.2 Å². The van der Waals surface area contributed by atoms with Crippen LogP contribution < -0.4 is 9.62 Å². The number of anilines is 1. The summed E-state index contributed by atoms with van der Waals surface area (Å²) in [7, 11) is -3.71. The molecule has 2 aromatic rings. The average Bonchev–Trinajstić information content (AvgIpc) is 3.37. The molecule has 2 saturated heterocycles. The van der Waals surface area contributed by atoms with Crippen LogP contribution in [-0.2, 0) is 14.8 Å². The van der Waals surface area contributed by atoms with Gasteiger partial charge in [-0.2, -0.15) is 0 Å². The molecule has 4 rings (SSSR count). The quantitative estimate of drug-likeness (QED) is 0.688. The van der Waals surface area contributed by atoms with E-state index in [1.807, 2.05) is 0 Å². The third kappa shape index (κ3) is 4.65. The lowest BCUT2D eigenvalue weighted by Crippen LogP contribution is -2.37. The summed E-state index contributed by atoms with van der Waals surface area (Å²) in [5.74, 6) is -1.50. The highest BCUT2D eigenvalue weighted by Gasteiger charge is 2.36. The fourth-order valence-electron chi connectivity index (χ4n) is 4.16. The van der Waals surface area contributed by atoms with Gasteiger partial charge in [-0.3, -0.25) is 14.5 Å². The Bertz CT molecular complexity index is 1130. The molecule has 0 aromatic heterocycles. The third-order valence-corrected chi connectivity index (χ3v) is 7.81. The van der Waals surface area contributed by atoms with Crippen molar-refractivity contribution >= 4 is 39.1 Å². The lowest BCUT2D eigenvalue weighted by molar-refractivity contribution is -0.116.